The summed E-state index contributed by atoms with van der Waals surface area (Å²) in [6.45, 7) is 4.33. The van der Waals surface area contributed by atoms with Gasteiger partial charge in [-0.05, 0) is 62.8 Å². The van der Waals surface area contributed by atoms with Gasteiger partial charge in [-0.15, -0.1) is 0 Å². The van der Waals surface area contributed by atoms with Crippen molar-refractivity contribution in [3.63, 3.8) is 0 Å². The molecule has 0 aliphatic carbocycles. The zero-order valence-electron chi connectivity index (χ0n) is 15.4. The summed E-state index contributed by atoms with van der Waals surface area (Å²) >= 11 is 0. The van der Waals surface area contributed by atoms with E-state index >= 15 is 0 Å². The Hall–Kier alpha value is -0.505. The van der Waals surface area contributed by atoms with Crippen LogP contribution in [0, 0.1) is 0 Å². The molecule has 0 amide bonds. The van der Waals surface area contributed by atoms with E-state index in [-0.39, 0.29) is 37.7 Å². The quantitative estimate of drug-likeness (QED) is 0.447. The van der Waals surface area contributed by atoms with E-state index in [0.717, 1.165) is 25.7 Å². The van der Waals surface area contributed by atoms with Gasteiger partial charge in [-0.1, -0.05) is 51.7 Å². The van der Waals surface area contributed by atoms with Crippen molar-refractivity contribution in [2.75, 3.05) is 0 Å². The molecule has 0 bridgehead atoms. The summed E-state index contributed by atoms with van der Waals surface area (Å²) in [5.41, 5.74) is 4.95. The summed E-state index contributed by atoms with van der Waals surface area (Å²) < 4.78 is 0. The second-order valence-corrected chi connectivity index (χ2v) is 6.57. The molecule has 2 rings (SSSR count). The van der Waals surface area contributed by atoms with Crippen LogP contribution < -0.4 is 0 Å². The molecule has 4 heteroatoms. The van der Waals surface area contributed by atoms with Crippen molar-refractivity contribution >= 4 is 37.7 Å². The van der Waals surface area contributed by atoms with Crippen LogP contribution in [0.15, 0.2) is 36.4 Å². The monoisotopic (exact) mass is 340 g/mol. The van der Waals surface area contributed by atoms with Crippen molar-refractivity contribution in [2.45, 2.75) is 78.1 Å². The fourth-order valence-corrected chi connectivity index (χ4v) is 3.05. The van der Waals surface area contributed by atoms with Gasteiger partial charge in [-0.3, -0.25) is 9.97 Å². The molecule has 2 aromatic rings. The van der Waals surface area contributed by atoms with Crippen LogP contribution in [0.4, 0.5) is 0 Å². The van der Waals surface area contributed by atoms with Crippen molar-refractivity contribution in [3.05, 3.63) is 59.2 Å². The average molecular weight is 340 g/mol. The van der Waals surface area contributed by atoms with Crippen LogP contribution in [0.25, 0.3) is 0 Å². The van der Waals surface area contributed by atoms with Gasteiger partial charge < -0.3 is 0 Å². The van der Waals surface area contributed by atoms with Crippen LogP contribution in [0.2, 0.25) is 0 Å². The van der Waals surface area contributed by atoms with Gasteiger partial charge in [0.1, 0.15) is 0 Å². The van der Waals surface area contributed by atoms with Crippen molar-refractivity contribution in [2.24, 2.45) is 0 Å². The van der Waals surface area contributed by atoms with Crippen molar-refractivity contribution in [1.82, 2.24) is 9.97 Å². The van der Waals surface area contributed by atoms with Crippen LogP contribution in [0.1, 0.15) is 75.1 Å². The molecular formula is C22H34Li2N2. The third-order valence-corrected chi connectivity index (χ3v) is 4.57. The molecule has 2 aromatic heterocycles. The molecule has 0 saturated heterocycles. The topological polar surface area (TPSA) is 25.8 Å². The van der Waals surface area contributed by atoms with Crippen molar-refractivity contribution < 1.29 is 0 Å². The van der Waals surface area contributed by atoms with E-state index in [1.165, 1.54) is 61.3 Å². The first-order chi connectivity index (χ1) is 11.8. The van der Waals surface area contributed by atoms with Gasteiger partial charge in [-0.25, -0.2) is 0 Å². The van der Waals surface area contributed by atoms with Gasteiger partial charge in [0.2, 0.25) is 0 Å². The minimum atomic E-state index is 0. The minimum absolute atomic E-state index is 0. The number of unbranched alkanes of at least 4 members (excludes halogenated alkanes) is 5. The molecule has 0 unspecified atom stereocenters. The number of nitrogens with zero attached hydrogens (tertiary/aromatic N) is 2. The first kappa shape index (κ1) is 25.5. The van der Waals surface area contributed by atoms with Gasteiger partial charge in [-0.2, -0.15) is 0 Å². The standard InChI is InChI=1S/C22H32N2.2Li.2H/c1-3-19-15-11-17-21(23-19)13-9-7-5-6-8-10-14-22-18-12-16-20(4-2)24-22;;;;/h11-12,15-18H,3-10,13-14H2,1-2H3;;;;. The van der Waals surface area contributed by atoms with Gasteiger partial charge >= 0.3 is 37.7 Å². The number of rotatable bonds is 11. The molecule has 0 radical (unpaired) electrons. The zero-order chi connectivity index (χ0) is 17.0. The van der Waals surface area contributed by atoms with Gasteiger partial charge in [0.05, 0.1) is 0 Å². The third kappa shape index (κ3) is 9.99. The fraction of sp³-hybridized carbons (Fsp3) is 0.545. The Bertz CT molecular complexity index is 549. The normalized spacial score (nSPS) is 10.1. The summed E-state index contributed by atoms with van der Waals surface area (Å²) in [6, 6.07) is 12.8. The Kier molecular flexibility index (Phi) is 15.2. The summed E-state index contributed by atoms with van der Waals surface area (Å²) in [5, 5.41) is 0. The molecule has 0 spiro atoms. The zero-order valence-corrected chi connectivity index (χ0v) is 15.4. The van der Waals surface area contributed by atoms with E-state index in [4.69, 9.17) is 0 Å². The first-order valence-corrected chi connectivity index (χ1v) is 9.71. The summed E-state index contributed by atoms with van der Waals surface area (Å²) in [7, 11) is 0. The van der Waals surface area contributed by atoms with Gasteiger partial charge in [0, 0.05) is 22.8 Å². The van der Waals surface area contributed by atoms with Gasteiger partial charge in [0.15, 0.2) is 0 Å². The molecule has 0 fully saturated rings. The van der Waals surface area contributed by atoms with E-state index in [0.29, 0.717) is 0 Å². The van der Waals surface area contributed by atoms with Crippen LogP contribution in [-0.4, -0.2) is 47.7 Å². The van der Waals surface area contributed by atoms with Crippen molar-refractivity contribution in [1.29, 1.82) is 0 Å². The molecular weight excluding hydrogens is 306 g/mol. The predicted molar refractivity (Wildman–Crippen MR) is 117 cm³/mol. The van der Waals surface area contributed by atoms with E-state index in [2.05, 4.69) is 60.2 Å². The Balaban J connectivity index is 0.00000312. The van der Waals surface area contributed by atoms with Crippen LogP contribution in [-0.2, 0) is 25.7 Å². The summed E-state index contributed by atoms with van der Waals surface area (Å²) in [4.78, 5) is 9.36. The number of hydrogen-bond acceptors (Lipinski definition) is 2. The predicted octanol–water partition coefficient (Wildman–Crippen LogP) is 4.43. The average Bonchev–Trinajstić information content (AvgIpc) is 2.64. The molecule has 0 aromatic carbocycles. The summed E-state index contributed by atoms with van der Waals surface area (Å²) in [6.07, 6.45) is 12.2. The molecule has 0 saturated carbocycles. The van der Waals surface area contributed by atoms with Crippen LogP contribution >= 0.6 is 0 Å². The summed E-state index contributed by atoms with van der Waals surface area (Å²) in [5.74, 6) is 0. The number of aryl methyl sites for hydroxylation is 4. The fourth-order valence-electron chi connectivity index (χ4n) is 3.05. The Labute approximate surface area is 184 Å². The van der Waals surface area contributed by atoms with E-state index in [1.54, 1.807) is 0 Å². The number of aromatic nitrogens is 2. The van der Waals surface area contributed by atoms with E-state index in [9.17, 15) is 0 Å². The maximum absolute atomic E-state index is 4.68. The molecule has 0 N–H and O–H groups in total. The van der Waals surface area contributed by atoms with Crippen molar-refractivity contribution in [3.8, 4) is 0 Å². The first-order valence-electron chi connectivity index (χ1n) is 9.71. The maximum atomic E-state index is 4.68. The Morgan fingerprint density at radius 1 is 0.538 bits per heavy atom. The molecule has 134 valence electrons. The molecule has 2 heterocycles. The second-order valence-electron chi connectivity index (χ2n) is 6.57. The number of pyridine rings is 2. The van der Waals surface area contributed by atoms with Crippen LogP contribution in [0.5, 0.6) is 0 Å². The van der Waals surface area contributed by atoms with Crippen LogP contribution in [0.3, 0.4) is 0 Å². The molecule has 0 aliphatic heterocycles. The second kappa shape index (κ2) is 15.5. The Morgan fingerprint density at radius 3 is 1.27 bits per heavy atom. The molecule has 0 atom stereocenters. The van der Waals surface area contributed by atoms with E-state index in [1.807, 2.05) is 0 Å². The number of hydrogen-bond donors (Lipinski definition) is 0. The molecule has 26 heavy (non-hydrogen) atoms. The van der Waals surface area contributed by atoms with Gasteiger partial charge in [0.25, 0.3) is 0 Å². The SMILES string of the molecule is CCc1cccc(CCCCCCCCc2cccc(CC)n2)n1.[LiH].[LiH]. The molecule has 0 aliphatic rings. The molecule has 2 nitrogen and oxygen atoms in total. The Morgan fingerprint density at radius 2 is 0.885 bits per heavy atom. The third-order valence-electron chi connectivity index (χ3n) is 4.57. The van der Waals surface area contributed by atoms with E-state index < -0.39 is 0 Å².